The Labute approximate surface area is 90.9 Å². The molecule has 0 aliphatic heterocycles. The fraction of sp³-hybridized carbons (Fsp3) is 0.750. The number of aliphatic hydroxyl groups is 1. The van der Waals surface area contributed by atoms with Gasteiger partial charge in [-0.1, -0.05) is 20.8 Å². The maximum atomic E-state index is 9.25. The van der Waals surface area contributed by atoms with Crippen molar-refractivity contribution in [1.82, 2.24) is 10.2 Å². The van der Waals surface area contributed by atoms with Gasteiger partial charge in [0, 0.05) is 11.5 Å². The third kappa shape index (κ3) is 1.69. The molecule has 84 valence electrons. The third-order valence-electron chi connectivity index (χ3n) is 3.63. The molecule has 2 N–H and O–H groups in total. The van der Waals surface area contributed by atoms with Gasteiger partial charge in [0.05, 0.1) is 18.0 Å². The molecule has 0 fully saturated rings. The smallest absolute Gasteiger partial charge is 0.0850 e. The lowest BCUT2D eigenvalue weighted by Gasteiger charge is -2.28. The van der Waals surface area contributed by atoms with Crippen molar-refractivity contribution in [3.8, 4) is 0 Å². The van der Waals surface area contributed by atoms with Crippen molar-refractivity contribution in [1.29, 1.82) is 0 Å². The highest BCUT2D eigenvalue weighted by atomic mass is 16.3. The molecule has 1 aromatic heterocycles. The van der Waals surface area contributed by atoms with Crippen molar-refractivity contribution in [3.05, 3.63) is 17.0 Å². The Morgan fingerprint density at radius 3 is 2.80 bits per heavy atom. The predicted molar refractivity (Wildman–Crippen MR) is 59.7 cm³/mol. The van der Waals surface area contributed by atoms with Crippen molar-refractivity contribution in [2.24, 2.45) is 5.92 Å². The first kappa shape index (κ1) is 10.7. The lowest BCUT2D eigenvalue weighted by Crippen LogP contribution is -2.17. The molecule has 0 bridgehead atoms. The average molecular weight is 208 g/mol. The van der Waals surface area contributed by atoms with Gasteiger partial charge in [-0.2, -0.15) is 5.10 Å². The fourth-order valence-corrected chi connectivity index (χ4v) is 2.72. The molecule has 2 rings (SSSR count). The number of H-pyrrole nitrogens is 1. The summed E-state index contributed by atoms with van der Waals surface area (Å²) in [6, 6.07) is 0. The van der Waals surface area contributed by atoms with Gasteiger partial charge in [0.2, 0.25) is 0 Å². The minimum Gasteiger partial charge on any atom is -0.390 e. The van der Waals surface area contributed by atoms with Crippen LogP contribution >= 0.6 is 0 Å². The summed E-state index contributed by atoms with van der Waals surface area (Å²) in [5, 5.41) is 16.6. The maximum Gasteiger partial charge on any atom is 0.0850 e. The number of aliphatic hydroxyl groups excluding tert-OH is 1. The average Bonchev–Trinajstić information content (AvgIpc) is 2.62. The van der Waals surface area contributed by atoms with Gasteiger partial charge in [-0.05, 0) is 24.7 Å². The number of nitrogens with one attached hydrogen (secondary N) is 1. The number of hydrogen-bond donors (Lipinski definition) is 2. The summed E-state index contributed by atoms with van der Waals surface area (Å²) in [7, 11) is 0. The standard InChI is InChI=1S/C12H20N2O/c1-7(2)9-5-4-8(3)11-10(6-15)13-14-12(9)11/h7-9,15H,4-6H2,1-3H3,(H,13,14)/t8-,9+/m1/s1. The summed E-state index contributed by atoms with van der Waals surface area (Å²) in [6.07, 6.45) is 2.43. The Kier molecular flexibility index (Phi) is 2.83. The van der Waals surface area contributed by atoms with E-state index in [1.807, 2.05) is 0 Å². The second-order valence-corrected chi connectivity index (χ2v) is 4.99. The fourth-order valence-electron chi connectivity index (χ4n) is 2.72. The highest BCUT2D eigenvalue weighted by molar-refractivity contribution is 5.33. The minimum atomic E-state index is 0.0808. The predicted octanol–water partition coefficient (Wildman–Crippen LogP) is 2.54. The van der Waals surface area contributed by atoms with Crippen LogP contribution in [0, 0.1) is 5.92 Å². The van der Waals surface area contributed by atoms with Crippen LogP contribution in [0.3, 0.4) is 0 Å². The maximum absolute atomic E-state index is 9.25. The van der Waals surface area contributed by atoms with Crippen LogP contribution in [0.2, 0.25) is 0 Å². The molecule has 15 heavy (non-hydrogen) atoms. The molecule has 0 radical (unpaired) electrons. The van der Waals surface area contributed by atoms with Crippen LogP contribution in [0.1, 0.15) is 62.4 Å². The van der Waals surface area contributed by atoms with Gasteiger partial charge >= 0.3 is 0 Å². The molecular formula is C12H20N2O. The van der Waals surface area contributed by atoms with E-state index in [2.05, 4.69) is 31.0 Å². The van der Waals surface area contributed by atoms with Gasteiger partial charge in [-0.15, -0.1) is 0 Å². The molecule has 0 amide bonds. The number of fused-ring (bicyclic) bond motifs is 1. The molecule has 1 aliphatic carbocycles. The Morgan fingerprint density at radius 2 is 2.20 bits per heavy atom. The zero-order chi connectivity index (χ0) is 11.0. The second kappa shape index (κ2) is 3.97. The molecule has 0 saturated carbocycles. The molecule has 2 atom stereocenters. The van der Waals surface area contributed by atoms with E-state index in [0.717, 1.165) is 5.69 Å². The van der Waals surface area contributed by atoms with Gasteiger partial charge in [0.15, 0.2) is 0 Å². The zero-order valence-electron chi connectivity index (χ0n) is 9.75. The number of hydrogen-bond acceptors (Lipinski definition) is 2. The van der Waals surface area contributed by atoms with Crippen LogP contribution < -0.4 is 0 Å². The molecule has 0 unspecified atom stereocenters. The summed E-state index contributed by atoms with van der Waals surface area (Å²) in [5.74, 6) is 1.73. The summed E-state index contributed by atoms with van der Waals surface area (Å²) in [4.78, 5) is 0. The van der Waals surface area contributed by atoms with Crippen molar-refractivity contribution in [2.75, 3.05) is 0 Å². The van der Waals surface area contributed by atoms with Crippen molar-refractivity contribution < 1.29 is 5.11 Å². The monoisotopic (exact) mass is 208 g/mol. The molecular weight excluding hydrogens is 188 g/mol. The quantitative estimate of drug-likeness (QED) is 0.784. The van der Waals surface area contributed by atoms with Crippen LogP contribution in [-0.4, -0.2) is 15.3 Å². The van der Waals surface area contributed by atoms with E-state index in [1.54, 1.807) is 0 Å². The molecule has 3 heteroatoms. The van der Waals surface area contributed by atoms with Crippen LogP contribution in [0.4, 0.5) is 0 Å². The first-order chi connectivity index (χ1) is 7.15. The molecule has 0 spiro atoms. The molecule has 0 saturated heterocycles. The first-order valence-corrected chi connectivity index (χ1v) is 5.83. The van der Waals surface area contributed by atoms with Gasteiger partial charge in [0.1, 0.15) is 0 Å². The summed E-state index contributed by atoms with van der Waals surface area (Å²) < 4.78 is 0. The topological polar surface area (TPSA) is 48.9 Å². The molecule has 3 nitrogen and oxygen atoms in total. The summed E-state index contributed by atoms with van der Waals surface area (Å²) in [5.41, 5.74) is 3.40. The normalized spacial score (nSPS) is 25.7. The highest BCUT2D eigenvalue weighted by Gasteiger charge is 2.31. The lowest BCUT2D eigenvalue weighted by atomic mass is 9.76. The largest absolute Gasteiger partial charge is 0.390 e. The first-order valence-electron chi connectivity index (χ1n) is 5.83. The van der Waals surface area contributed by atoms with E-state index < -0.39 is 0 Å². The summed E-state index contributed by atoms with van der Waals surface area (Å²) in [6.45, 7) is 6.80. The minimum absolute atomic E-state index is 0.0808. The van der Waals surface area contributed by atoms with Gasteiger partial charge < -0.3 is 5.11 Å². The van der Waals surface area contributed by atoms with Crippen LogP contribution in [0.25, 0.3) is 0 Å². The molecule has 1 aliphatic rings. The van der Waals surface area contributed by atoms with Crippen LogP contribution in [0.5, 0.6) is 0 Å². The zero-order valence-corrected chi connectivity index (χ0v) is 9.75. The number of aromatic amines is 1. The van der Waals surface area contributed by atoms with E-state index in [0.29, 0.717) is 17.8 Å². The Morgan fingerprint density at radius 1 is 1.47 bits per heavy atom. The lowest BCUT2D eigenvalue weighted by molar-refractivity contribution is 0.274. The number of aromatic nitrogens is 2. The second-order valence-electron chi connectivity index (χ2n) is 4.99. The molecule has 1 aromatic rings. The Bertz CT molecular complexity index is 343. The van der Waals surface area contributed by atoms with Gasteiger partial charge in [-0.25, -0.2) is 0 Å². The Hall–Kier alpha value is -0.830. The van der Waals surface area contributed by atoms with E-state index >= 15 is 0 Å². The third-order valence-corrected chi connectivity index (χ3v) is 3.63. The van der Waals surface area contributed by atoms with E-state index in [1.165, 1.54) is 24.1 Å². The molecule has 0 aromatic carbocycles. The van der Waals surface area contributed by atoms with Crippen molar-refractivity contribution >= 4 is 0 Å². The summed E-state index contributed by atoms with van der Waals surface area (Å²) >= 11 is 0. The van der Waals surface area contributed by atoms with E-state index in [9.17, 15) is 5.11 Å². The van der Waals surface area contributed by atoms with Crippen molar-refractivity contribution in [3.63, 3.8) is 0 Å². The van der Waals surface area contributed by atoms with Gasteiger partial charge in [-0.3, -0.25) is 5.10 Å². The van der Waals surface area contributed by atoms with Gasteiger partial charge in [0.25, 0.3) is 0 Å². The number of nitrogens with zero attached hydrogens (tertiary/aromatic N) is 1. The SMILES string of the molecule is CC(C)[C@@H]1CC[C@@H](C)c2c1n[nH]c2CO. The molecule has 1 heterocycles. The highest BCUT2D eigenvalue weighted by Crippen LogP contribution is 2.42. The van der Waals surface area contributed by atoms with E-state index in [-0.39, 0.29) is 6.61 Å². The van der Waals surface area contributed by atoms with E-state index in [4.69, 9.17) is 0 Å². The Balaban J connectivity index is 2.42. The van der Waals surface area contributed by atoms with Crippen molar-refractivity contribution in [2.45, 2.75) is 52.1 Å². The van der Waals surface area contributed by atoms with Crippen LogP contribution in [-0.2, 0) is 6.61 Å². The van der Waals surface area contributed by atoms with Crippen LogP contribution in [0.15, 0.2) is 0 Å². The number of rotatable bonds is 2.